The molecule has 0 spiro atoms. The van der Waals surface area contributed by atoms with E-state index in [0.29, 0.717) is 16.7 Å². The summed E-state index contributed by atoms with van der Waals surface area (Å²) in [7, 11) is 1.49. The molecule has 1 unspecified atom stereocenters. The van der Waals surface area contributed by atoms with E-state index in [4.69, 9.17) is 33.2 Å². The van der Waals surface area contributed by atoms with E-state index in [1.165, 1.54) is 13.1 Å². The highest BCUT2D eigenvalue weighted by atomic mass is 35.5. The van der Waals surface area contributed by atoms with Crippen molar-refractivity contribution >= 4 is 34.7 Å². The number of hydroxylamine groups is 2. The first-order valence-corrected chi connectivity index (χ1v) is 9.05. The van der Waals surface area contributed by atoms with E-state index in [2.05, 4.69) is 10.5 Å². The highest BCUT2D eigenvalue weighted by molar-refractivity contribution is 6.34. The average molecular weight is 446 g/mol. The largest absolute Gasteiger partial charge is 0.428 e. The van der Waals surface area contributed by atoms with Crippen LogP contribution in [0.4, 0.5) is 13.2 Å². The van der Waals surface area contributed by atoms with Gasteiger partial charge in [-0.2, -0.15) is 13.2 Å². The Kier molecular flexibility index (Phi) is 5.82. The molecule has 0 saturated heterocycles. The molecule has 1 aliphatic rings. The highest BCUT2D eigenvalue weighted by Gasteiger charge is 2.59. The van der Waals surface area contributed by atoms with Crippen molar-refractivity contribution in [3.05, 3.63) is 74.8 Å². The molecule has 154 valence electrons. The summed E-state index contributed by atoms with van der Waals surface area (Å²) in [6.45, 7) is 1.74. The first kappa shape index (κ1) is 21.4. The summed E-state index contributed by atoms with van der Waals surface area (Å²) in [5.74, 6) is 0.233. The maximum absolute atomic E-state index is 14.0. The van der Waals surface area contributed by atoms with E-state index in [-0.39, 0.29) is 27.1 Å². The van der Waals surface area contributed by atoms with Crippen molar-refractivity contribution in [2.24, 2.45) is 4.99 Å². The summed E-state index contributed by atoms with van der Waals surface area (Å²) in [5, 5.41) is 9.26. The van der Waals surface area contributed by atoms with Crippen LogP contribution in [0.2, 0.25) is 10.0 Å². The molecule has 0 aliphatic carbocycles. The Morgan fingerprint density at radius 3 is 2.34 bits per heavy atom. The number of nitrogens with zero attached hydrogens (tertiary/aromatic N) is 1. The van der Waals surface area contributed by atoms with Gasteiger partial charge < -0.3 is 0 Å². The molecule has 1 atom stereocenters. The van der Waals surface area contributed by atoms with Crippen molar-refractivity contribution in [2.75, 3.05) is 7.05 Å². The molecule has 5 nitrogen and oxygen atoms in total. The zero-order valence-corrected chi connectivity index (χ0v) is 16.7. The van der Waals surface area contributed by atoms with Crippen LogP contribution in [0.1, 0.15) is 22.3 Å². The Labute approximate surface area is 174 Å². The number of aryl methyl sites for hydroxylation is 1. The molecule has 2 aromatic rings. The summed E-state index contributed by atoms with van der Waals surface area (Å²) >= 11 is 11.8. The summed E-state index contributed by atoms with van der Waals surface area (Å²) < 4.78 is 42.1. The van der Waals surface area contributed by atoms with Gasteiger partial charge >= 0.3 is 6.18 Å². The van der Waals surface area contributed by atoms with E-state index < -0.39 is 11.8 Å². The first-order chi connectivity index (χ1) is 13.6. The van der Waals surface area contributed by atoms with Crippen LogP contribution in [0.3, 0.4) is 0 Å². The van der Waals surface area contributed by atoms with Crippen molar-refractivity contribution in [3.8, 4) is 0 Å². The number of alkyl halides is 3. The first-order valence-electron chi connectivity index (χ1n) is 8.30. The Morgan fingerprint density at radius 1 is 1.17 bits per heavy atom. The maximum Gasteiger partial charge on any atom is 0.428 e. The van der Waals surface area contributed by atoms with Crippen molar-refractivity contribution < 1.29 is 23.2 Å². The van der Waals surface area contributed by atoms with Crippen LogP contribution in [0.5, 0.6) is 0 Å². The number of amidine groups is 1. The zero-order valence-electron chi connectivity index (χ0n) is 15.2. The molecular formula is C19H16Cl2F3N3O2. The molecule has 0 saturated carbocycles. The second-order valence-electron chi connectivity index (χ2n) is 6.37. The number of halogens is 5. The molecule has 0 bridgehead atoms. The molecule has 10 heteroatoms. The van der Waals surface area contributed by atoms with Gasteiger partial charge in [0.15, 0.2) is 5.84 Å². The zero-order chi connectivity index (χ0) is 21.4. The van der Waals surface area contributed by atoms with Gasteiger partial charge in [0.05, 0.1) is 5.70 Å². The third-order valence-corrected chi connectivity index (χ3v) is 4.94. The van der Waals surface area contributed by atoms with Crippen LogP contribution in [0, 0.1) is 6.92 Å². The predicted molar refractivity (Wildman–Crippen MR) is 105 cm³/mol. The Morgan fingerprint density at radius 2 is 1.83 bits per heavy atom. The minimum atomic E-state index is -4.78. The standard InChI is InChI=1S/C19H16Cl2F3N3O2/c1-10-5-11(3-4-15(10)17(25-2)26-28)16-9-18(29-27-16,19(22,23)24)12-6-13(20)8-14(21)7-12/h3-9,27-28H,1-2H3,(H,25,26). The third kappa shape index (κ3) is 3.93. The van der Waals surface area contributed by atoms with E-state index in [1.807, 2.05) is 5.48 Å². The number of aliphatic imine (C=N–C) groups is 1. The van der Waals surface area contributed by atoms with E-state index >= 15 is 0 Å². The lowest BCUT2D eigenvalue weighted by Crippen LogP contribution is -2.42. The summed E-state index contributed by atoms with van der Waals surface area (Å²) in [6.07, 6.45) is -3.84. The van der Waals surface area contributed by atoms with Crippen LogP contribution >= 0.6 is 23.2 Å². The van der Waals surface area contributed by atoms with Gasteiger partial charge in [0.2, 0.25) is 5.60 Å². The molecule has 3 N–H and O–H groups in total. The molecular weight excluding hydrogens is 430 g/mol. The van der Waals surface area contributed by atoms with Gasteiger partial charge in [-0.1, -0.05) is 35.3 Å². The molecule has 0 fully saturated rings. The fourth-order valence-corrected chi connectivity index (χ4v) is 3.61. The molecule has 3 rings (SSSR count). The number of rotatable bonds is 3. The topological polar surface area (TPSA) is 65.9 Å². The summed E-state index contributed by atoms with van der Waals surface area (Å²) in [6, 6.07) is 8.53. The normalized spacial score (nSPS) is 19.7. The van der Waals surface area contributed by atoms with Crippen LogP contribution < -0.4 is 11.0 Å². The number of hydrogen-bond donors (Lipinski definition) is 3. The lowest BCUT2D eigenvalue weighted by Gasteiger charge is -2.28. The van der Waals surface area contributed by atoms with Crippen LogP contribution in [-0.2, 0) is 10.4 Å². The SMILES string of the molecule is CN=C(NO)c1ccc(C2=CC(c3cc(Cl)cc(Cl)c3)(C(F)(F)F)ON2)cc1C. The van der Waals surface area contributed by atoms with E-state index in [1.54, 1.807) is 25.1 Å². The minimum absolute atomic E-state index is 0.0599. The van der Waals surface area contributed by atoms with Crippen LogP contribution in [0.25, 0.3) is 5.70 Å². The van der Waals surface area contributed by atoms with Crippen molar-refractivity contribution in [1.29, 1.82) is 0 Å². The minimum Gasteiger partial charge on any atom is -0.290 e. The van der Waals surface area contributed by atoms with Gasteiger partial charge in [-0.15, -0.1) is 0 Å². The van der Waals surface area contributed by atoms with Gasteiger partial charge in [-0.3, -0.25) is 26.0 Å². The second kappa shape index (κ2) is 7.87. The van der Waals surface area contributed by atoms with E-state index in [0.717, 1.165) is 18.2 Å². The Hall–Kier alpha value is -2.26. The average Bonchev–Trinajstić information content (AvgIpc) is 3.10. The summed E-state index contributed by atoms with van der Waals surface area (Å²) in [5.41, 5.74) is 3.22. The van der Waals surface area contributed by atoms with Gasteiger partial charge in [-0.25, -0.2) is 0 Å². The van der Waals surface area contributed by atoms with Crippen molar-refractivity contribution in [1.82, 2.24) is 11.0 Å². The smallest absolute Gasteiger partial charge is 0.290 e. The molecule has 0 amide bonds. The lowest BCUT2D eigenvalue weighted by atomic mass is 9.91. The predicted octanol–water partition coefficient (Wildman–Crippen LogP) is 4.99. The number of nitrogens with one attached hydrogen (secondary N) is 2. The molecule has 1 aliphatic heterocycles. The van der Waals surface area contributed by atoms with Gasteiger partial charge in [0.25, 0.3) is 0 Å². The van der Waals surface area contributed by atoms with Gasteiger partial charge in [-0.05, 0) is 48.4 Å². The number of benzene rings is 2. The molecule has 29 heavy (non-hydrogen) atoms. The maximum atomic E-state index is 14.0. The third-order valence-electron chi connectivity index (χ3n) is 4.50. The Balaban J connectivity index is 2.09. The van der Waals surface area contributed by atoms with Crippen LogP contribution in [0.15, 0.2) is 47.5 Å². The van der Waals surface area contributed by atoms with E-state index in [9.17, 15) is 13.2 Å². The Bertz CT molecular complexity index is 988. The monoisotopic (exact) mass is 445 g/mol. The molecule has 1 heterocycles. The quantitative estimate of drug-likeness (QED) is 0.353. The van der Waals surface area contributed by atoms with Crippen LogP contribution in [-0.4, -0.2) is 24.3 Å². The second-order valence-corrected chi connectivity index (χ2v) is 7.24. The molecule has 0 aromatic heterocycles. The molecule has 0 radical (unpaired) electrons. The summed E-state index contributed by atoms with van der Waals surface area (Å²) in [4.78, 5) is 8.97. The van der Waals surface area contributed by atoms with Crippen molar-refractivity contribution in [3.63, 3.8) is 0 Å². The highest BCUT2D eigenvalue weighted by Crippen LogP contribution is 2.48. The fourth-order valence-electron chi connectivity index (χ4n) is 3.08. The molecule has 2 aromatic carbocycles. The van der Waals surface area contributed by atoms with Gasteiger partial charge in [0, 0.05) is 28.2 Å². The van der Waals surface area contributed by atoms with Gasteiger partial charge in [0.1, 0.15) is 0 Å². The fraction of sp³-hybridized carbons (Fsp3) is 0.211. The lowest BCUT2D eigenvalue weighted by molar-refractivity contribution is -0.269. The number of hydrogen-bond acceptors (Lipinski definition) is 4. The van der Waals surface area contributed by atoms with Crippen molar-refractivity contribution in [2.45, 2.75) is 18.7 Å².